The topological polar surface area (TPSA) is 56.5 Å². The standard InChI is InChI=1S/C15H16N2O2S/c1-18-10-7-8-14(19-2)13(9-10)17-12-6-4-3-5-11(12)15(16)20/h3-9,17H,1-2H3,(H2,16,20). The molecule has 0 spiro atoms. The first-order valence-electron chi connectivity index (χ1n) is 6.03. The van der Waals surface area contributed by atoms with Gasteiger partial charge in [0.2, 0.25) is 0 Å². The highest BCUT2D eigenvalue weighted by molar-refractivity contribution is 7.80. The van der Waals surface area contributed by atoms with Crippen LogP contribution < -0.4 is 20.5 Å². The van der Waals surface area contributed by atoms with E-state index in [1.807, 2.05) is 42.5 Å². The zero-order valence-electron chi connectivity index (χ0n) is 11.3. The van der Waals surface area contributed by atoms with Gasteiger partial charge in [-0.1, -0.05) is 24.4 Å². The van der Waals surface area contributed by atoms with Crippen LogP contribution in [0.2, 0.25) is 0 Å². The summed E-state index contributed by atoms with van der Waals surface area (Å²) < 4.78 is 10.6. The van der Waals surface area contributed by atoms with Gasteiger partial charge in [-0.3, -0.25) is 0 Å². The van der Waals surface area contributed by atoms with Crippen molar-refractivity contribution in [1.29, 1.82) is 0 Å². The zero-order chi connectivity index (χ0) is 14.5. The molecular weight excluding hydrogens is 272 g/mol. The summed E-state index contributed by atoms with van der Waals surface area (Å²) in [5, 5.41) is 3.28. The first kappa shape index (κ1) is 14.1. The van der Waals surface area contributed by atoms with Crippen molar-refractivity contribution in [3.8, 4) is 11.5 Å². The molecule has 0 amide bonds. The monoisotopic (exact) mass is 288 g/mol. The summed E-state index contributed by atoms with van der Waals surface area (Å²) >= 11 is 5.06. The van der Waals surface area contributed by atoms with Gasteiger partial charge >= 0.3 is 0 Å². The summed E-state index contributed by atoms with van der Waals surface area (Å²) in [4.78, 5) is 0.343. The summed E-state index contributed by atoms with van der Waals surface area (Å²) in [6.07, 6.45) is 0. The molecule has 2 aromatic carbocycles. The van der Waals surface area contributed by atoms with Crippen LogP contribution >= 0.6 is 12.2 Å². The highest BCUT2D eigenvalue weighted by Gasteiger charge is 2.09. The number of hydrogen-bond donors (Lipinski definition) is 2. The minimum Gasteiger partial charge on any atom is -0.497 e. The first-order valence-corrected chi connectivity index (χ1v) is 6.44. The lowest BCUT2D eigenvalue weighted by molar-refractivity contribution is 0.405. The lowest BCUT2D eigenvalue weighted by Crippen LogP contribution is -2.11. The van der Waals surface area contributed by atoms with E-state index in [1.54, 1.807) is 14.2 Å². The number of nitrogens with one attached hydrogen (secondary N) is 1. The Balaban J connectivity index is 2.41. The van der Waals surface area contributed by atoms with E-state index in [0.717, 1.165) is 22.7 Å². The minimum atomic E-state index is 0.343. The number of hydrogen-bond acceptors (Lipinski definition) is 4. The Kier molecular flexibility index (Phi) is 4.42. The van der Waals surface area contributed by atoms with Gasteiger partial charge in [0.25, 0.3) is 0 Å². The molecule has 20 heavy (non-hydrogen) atoms. The number of thiocarbonyl (C=S) groups is 1. The van der Waals surface area contributed by atoms with Crippen molar-refractivity contribution < 1.29 is 9.47 Å². The Bertz CT molecular complexity index is 629. The number of para-hydroxylation sites is 1. The fourth-order valence-electron chi connectivity index (χ4n) is 1.86. The molecule has 3 N–H and O–H groups in total. The Labute approximate surface area is 123 Å². The van der Waals surface area contributed by atoms with Crippen LogP contribution in [0.15, 0.2) is 42.5 Å². The maximum atomic E-state index is 5.73. The molecule has 0 bridgehead atoms. The second kappa shape index (κ2) is 6.25. The number of nitrogens with two attached hydrogens (primary N) is 1. The predicted molar refractivity (Wildman–Crippen MR) is 85.2 cm³/mol. The predicted octanol–water partition coefficient (Wildman–Crippen LogP) is 3.08. The van der Waals surface area contributed by atoms with Crippen molar-refractivity contribution >= 4 is 28.6 Å². The van der Waals surface area contributed by atoms with E-state index in [9.17, 15) is 0 Å². The highest BCUT2D eigenvalue weighted by Crippen LogP contribution is 2.32. The summed E-state index contributed by atoms with van der Waals surface area (Å²) in [6.45, 7) is 0. The normalized spacial score (nSPS) is 9.90. The van der Waals surface area contributed by atoms with Crippen molar-refractivity contribution in [1.82, 2.24) is 0 Å². The van der Waals surface area contributed by atoms with Gasteiger partial charge in [-0.2, -0.15) is 0 Å². The van der Waals surface area contributed by atoms with E-state index in [1.165, 1.54) is 0 Å². The van der Waals surface area contributed by atoms with Crippen LogP contribution in [0.3, 0.4) is 0 Å². The average Bonchev–Trinajstić information content (AvgIpc) is 2.47. The second-order valence-electron chi connectivity index (χ2n) is 4.10. The lowest BCUT2D eigenvalue weighted by Gasteiger charge is -2.15. The molecule has 0 aliphatic carbocycles. The third-order valence-electron chi connectivity index (χ3n) is 2.87. The molecule has 0 saturated carbocycles. The van der Waals surface area contributed by atoms with Crippen LogP contribution in [-0.2, 0) is 0 Å². The van der Waals surface area contributed by atoms with Gasteiger partial charge in [-0.05, 0) is 24.3 Å². The van der Waals surface area contributed by atoms with Crippen LogP contribution in [0, 0.1) is 0 Å². The van der Waals surface area contributed by atoms with E-state index in [-0.39, 0.29) is 0 Å². The SMILES string of the molecule is COc1ccc(OC)c(Nc2ccccc2C(N)=S)c1. The molecule has 0 aliphatic heterocycles. The maximum Gasteiger partial charge on any atom is 0.142 e. The third kappa shape index (κ3) is 3.00. The van der Waals surface area contributed by atoms with Gasteiger partial charge in [0.05, 0.1) is 19.9 Å². The molecular formula is C15H16N2O2S. The Morgan fingerprint density at radius 2 is 1.80 bits per heavy atom. The molecule has 2 aromatic rings. The van der Waals surface area contributed by atoms with E-state index in [0.29, 0.717) is 10.7 Å². The van der Waals surface area contributed by atoms with E-state index < -0.39 is 0 Å². The highest BCUT2D eigenvalue weighted by atomic mass is 32.1. The number of anilines is 2. The smallest absolute Gasteiger partial charge is 0.142 e. The van der Waals surface area contributed by atoms with Crippen molar-refractivity contribution in [3.05, 3.63) is 48.0 Å². The molecule has 4 nitrogen and oxygen atoms in total. The van der Waals surface area contributed by atoms with Gasteiger partial charge in [0.1, 0.15) is 16.5 Å². The van der Waals surface area contributed by atoms with Crippen molar-refractivity contribution in [2.75, 3.05) is 19.5 Å². The summed E-state index contributed by atoms with van der Waals surface area (Å²) in [5.74, 6) is 1.45. The van der Waals surface area contributed by atoms with Gasteiger partial charge in [0, 0.05) is 17.3 Å². The molecule has 2 rings (SSSR count). The molecule has 5 heteroatoms. The average molecular weight is 288 g/mol. The van der Waals surface area contributed by atoms with Crippen LogP contribution in [0.4, 0.5) is 11.4 Å². The molecule has 0 heterocycles. The number of rotatable bonds is 5. The number of benzene rings is 2. The van der Waals surface area contributed by atoms with E-state index >= 15 is 0 Å². The third-order valence-corrected chi connectivity index (χ3v) is 3.09. The van der Waals surface area contributed by atoms with Crippen molar-refractivity contribution in [2.24, 2.45) is 5.73 Å². The molecule has 0 unspecified atom stereocenters. The van der Waals surface area contributed by atoms with Gasteiger partial charge in [0.15, 0.2) is 0 Å². The van der Waals surface area contributed by atoms with Gasteiger partial charge in [-0.15, -0.1) is 0 Å². The molecule has 104 valence electrons. The zero-order valence-corrected chi connectivity index (χ0v) is 12.2. The Morgan fingerprint density at radius 1 is 1.05 bits per heavy atom. The van der Waals surface area contributed by atoms with Crippen LogP contribution in [-0.4, -0.2) is 19.2 Å². The maximum absolute atomic E-state index is 5.73. The van der Waals surface area contributed by atoms with Crippen molar-refractivity contribution in [2.45, 2.75) is 0 Å². The van der Waals surface area contributed by atoms with Crippen molar-refractivity contribution in [3.63, 3.8) is 0 Å². The fraction of sp³-hybridized carbons (Fsp3) is 0.133. The van der Waals surface area contributed by atoms with E-state index in [2.05, 4.69) is 5.32 Å². The summed E-state index contributed by atoms with van der Waals surface area (Å²) in [7, 11) is 3.24. The molecule has 0 aromatic heterocycles. The largest absolute Gasteiger partial charge is 0.497 e. The van der Waals surface area contributed by atoms with Crippen LogP contribution in [0.1, 0.15) is 5.56 Å². The lowest BCUT2D eigenvalue weighted by atomic mass is 10.1. The quantitative estimate of drug-likeness (QED) is 0.828. The van der Waals surface area contributed by atoms with Gasteiger partial charge in [-0.25, -0.2) is 0 Å². The number of methoxy groups -OCH3 is 2. The molecule has 0 saturated heterocycles. The first-order chi connectivity index (χ1) is 9.65. The molecule has 0 fully saturated rings. The minimum absolute atomic E-state index is 0.343. The summed E-state index contributed by atoms with van der Waals surface area (Å²) in [5.41, 5.74) is 8.13. The molecule has 0 radical (unpaired) electrons. The Hall–Kier alpha value is -2.27. The fourth-order valence-corrected chi connectivity index (χ4v) is 2.04. The Morgan fingerprint density at radius 3 is 2.45 bits per heavy atom. The molecule has 0 atom stereocenters. The second-order valence-corrected chi connectivity index (χ2v) is 4.54. The van der Waals surface area contributed by atoms with Crippen LogP contribution in [0.25, 0.3) is 0 Å². The van der Waals surface area contributed by atoms with Crippen LogP contribution in [0.5, 0.6) is 11.5 Å². The molecule has 0 aliphatic rings. The van der Waals surface area contributed by atoms with Gasteiger partial charge < -0.3 is 20.5 Å². The van der Waals surface area contributed by atoms with E-state index in [4.69, 9.17) is 27.4 Å². The number of ether oxygens (including phenoxy) is 2. The summed E-state index contributed by atoms with van der Waals surface area (Å²) in [6, 6.07) is 13.1.